The molecule has 28 heavy (non-hydrogen) atoms. The molecule has 6 nitrogen and oxygen atoms in total. The molecule has 148 valence electrons. The first-order valence-electron chi connectivity index (χ1n) is 7.98. The quantitative estimate of drug-likeness (QED) is 0.670. The van der Waals surface area contributed by atoms with E-state index in [1.54, 1.807) is 0 Å². The van der Waals surface area contributed by atoms with Crippen molar-refractivity contribution in [2.45, 2.75) is 18.3 Å². The molecule has 2 heterocycles. The summed E-state index contributed by atoms with van der Waals surface area (Å²) in [5.74, 6) is -2.16. The Kier molecular flexibility index (Phi) is 5.41. The number of carbonyl (C=O) groups excluding carboxylic acids is 2. The molecule has 1 fully saturated rings. The lowest BCUT2D eigenvalue weighted by atomic mass is 10.0. The van der Waals surface area contributed by atoms with E-state index < -0.39 is 41.6 Å². The van der Waals surface area contributed by atoms with Crippen LogP contribution in [0.1, 0.15) is 22.9 Å². The molecule has 0 aliphatic carbocycles. The number of hydrogen-bond donors (Lipinski definition) is 3. The Labute approximate surface area is 161 Å². The van der Waals surface area contributed by atoms with Gasteiger partial charge in [-0.25, -0.2) is 9.18 Å². The second kappa shape index (κ2) is 7.63. The van der Waals surface area contributed by atoms with Crippen LogP contribution in [-0.4, -0.2) is 29.5 Å². The molecule has 0 spiro atoms. The summed E-state index contributed by atoms with van der Waals surface area (Å²) in [5, 5.41) is 7.70. The van der Waals surface area contributed by atoms with Gasteiger partial charge in [0.05, 0.1) is 23.5 Å². The molecule has 2 atom stereocenters. The number of amides is 3. The molecular weight excluding hydrogens is 404 g/mol. The van der Waals surface area contributed by atoms with Crippen molar-refractivity contribution in [3.05, 3.63) is 64.2 Å². The topological polar surface area (TPSA) is 83.1 Å². The number of hydrogen-bond acceptors (Lipinski definition) is 3. The van der Waals surface area contributed by atoms with Crippen LogP contribution in [0.15, 0.2) is 36.5 Å². The van der Waals surface area contributed by atoms with Crippen molar-refractivity contribution in [3.8, 4) is 0 Å². The van der Waals surface area contributed by atoms with E-state index in [9.17, 15) is 27.2 Å². The molecule has 1 saturated heterocycles. The predicted octanol–water partition coefficient (Wildman–Crippen LogP) is 2.78. The summed E-state index contributed by atoms with van der Waals surface area (Å²) in [4.78, 5) is 27.4. The van der Waals surface area contributed by atoms with Gasteiger partial charge in [0, 0.05) is 11.6 Å². The first-order valence-corrected chi connectivity index (χ1v) is 8.36. The third kappa shape index (κ3) is 4.33. The van der Waals surface area contributed by atoms with Crippen molar-refractivity contribution < 1.29 is 27.2 Å². The van der Waals surface area contributed by atoms with Crippen molar-refractivity contribution in [3.63, 3.8) is 0 Å². The van der Waals surface area contributed by atoms with Crippen LogP contribution >= 0.6 is 11.6 Å². The first-order chi connectivity index (χ1) is 13.1. The van der Waals surface area contributed by atoms with Crippen LogP contribution < -0.4 is 16.0 Å². The maximum Gasteiger partial charge on any atom is 0.419 e. The van der Waals surface area contributed by atoms with Crippen molar-refractivity contribution in [1.29, 1.82) is 0 Å². The summed E-state index contributed by atoms with van der Waals surface area (Å²) in [5.41, 5.74) is -1.34. The molecule has 1 aliphatic rings. The number of rotatable bonds is 4. The number of halogens is 5. The molecule has 3 amide bonds. The van der Waals surface area contributed by atoms with Gasteiger partial charge in [-0.1, -0.05) is 23.7 Å². The molecule has 3 N–H and O–H groups in total. The zero-order valence-corrected chi connectivity index (χ0v) is 14.7. The molecule has 3 rings (SSSR count). The van der Waals surface area contributed by atoms with Crippen molar-refractivity contribution in [2.75, 3.05) is 6.54 Å². The van der Waals surface area contributed by atoms with Crippen molar-refractivity contribution in [1.82, 2.24) is 20.9 Å². The standard InChI is InChI=1S/C17H13ClF4N4O2/c18-9-3-1-8(2-4-9)14(26-15(27)13-7-24-16(28)25-13)12-5-10(17(20,21)22)11(19)6-23-12/h1-6,13-14H,7H2,(H,26,27)(H2,24,25,28)/t13?,14-/m1/s1. The molecule has 0 radical (unpaired) electrons. The summed E-state index contributed by atoms with van der Waals surface area (Å²) in [6, 6.07) is 3.94. The van der Waals surface area contributed by atoms with E-state index in [0.29, 0.717) is 22.8 Å². The van der Waals surface area contributed by atoms with Crippen molar-refractivity contribution in [2.24, 2.45) is 0 Å². The number of nitrogens with one attached hydrogen (secondary N) is 3. The van der Waals surface area contributed by atoms with Gasteiger partial charge < -0.3 is 16.0 Å². The number of nitrogens with zero attached hydrogens (tertiary/aromatic N) is 1. The van der Waals surface area contributed by atoms with Crippen LogP contribution in [0.3, 0.4) is 0 Å². The molecule has 11 heteroatoms. The number of urea groups is 1. The van der Waals surface area contributed by atoms with Gasteiger partial charge in [-0.3, -0.25) is 9.78 Å². The third-order valence-electron chi connectivity index (χ3n) is 4.06. The molecule has 1 unspecified atom stereocenters. The van der Waals surface area contributed by atoms with E-state index >= 15 is 0 Å². The summed E-state index contributed by atoms with van der Waals surface area (Å²) in [6.07, 6.45) is -4.48. The Hall–Kier alpha value is -2.88. The van der Waals surface area contributed by atoms with Gasteiger partial charge in [0.15, 0.2) is 5.82 Å². The minimum Gasteiger partial charge on any atom is -0.342 e. The van der Waals surface area contributed by atoms with Gasteiger partial charge in [-0.05, 0) is 23.8 Å². The maximum atomic E-state index is 13.6. The molecule has 1 aliphatic heterocycles. The lowest BCUT2D eigenvalue weighted by Gasteiger charge is -2.22. The van der Waals surface area contributed by atoms with Gasteiger partial charge in [0.25, 0.3) is 0 Å². The number of pyridine rings is 1. The fraction of sp³-hybridized carbons (Fsp3) is 0.235. The highest BCUT2D eigenvalue weighted by molar-refractivity contribution is 6.30. The lowest BCUT2D eigenvalue weighted by molar-refractivity contribution is -0.140. The molecule has 1 aromatic carbocycles. The Bertz CT molecular complexity index is 905. The third-order valence-corrected chi connectivity index (χ3v) is 4.31. The largest absolute Gasteiger partial charge is 0.419 e. The fourth-order valence-electron chi connectivity index (χ4n) is 2.67. The maximum absolute atomic E-state index is 13.6. The van der Waals surface area contributed by atoms with Gasteiger partial charge in [0.2, 0.25) is 5.91 Å². The van der Waals surface area contributed by atoms with E-state index in [2.05, 4.69) is 20.9 Å². The predicted molar refractivity (Wildman–Crippen MR) is 91.0 cm³/mol. The molecular formula is C17H13ClF4N4O2. The smallest absolute Gasteiger partial charge is 0.342 e. The minimum atomic E-state index is -4.93. The Balaban J connectivity index is 1.98. The number of aromatic nitrogens is 1. The van der Waals surface area contributed by atoms with E-state index in [-0.39, 0.29) is 12.2 Å². The Morgan fingerprint density at radius 2 is 1.96 bits per heavy atom. The van der Waals surface area contributed by atoms with Gasteiger partial charge in [-0.2, -0.15) is 13.2 Å². The van der Waals surface area contributed by atoms with Crippen LogP contribution in [0, 0.1) is 5.82 Å². The van der Waals surface area contributed by atoms with Gasteiger partial charge >= 0.3 is 12.2 Å². The van der Waals surface area contributed by atoms with Crippen molar-refractivity contribution >= 4 is 23.5 Å². The number of carbonyl (C=O) groups is 2. The molecule has 2 aromatic rings. The molecule has 0 saturated carbocycles. The Morgan fingerprint density at radius 1 is 1.29 bits per heavy atom. The highest BCUT2D eigenvalue weighted by Gasteiger charge is 2.36. The van der Waals surface area contributed by atoms with Crippen LogP contribution in [0.2, 0.25) is 5.02 Å². The highest BCUT2D eigenvalue weighted by Crippen LogP contribution is 2.33. The Morgan fingerprint density at radius 3 is 2.54 bits per heavy atom. The summed E-state index contributed by atoms with van der Waals surface area (Å²) in [6.45, 7) is 0.0165. The average Bonchev–Trinajstić information content (AvgIpc) is 3.07. The molecule has 1 aromatic heterocycles. The minimum absolute atomic E-state index is 0.0165. The van der Waals surface area contributed by atoms with Crippen LogP contribution in [0.5, 0.6) is 0 Å². The number of benzene rings is 1. The monoisotopic (exact) mass is 416 g/mol. The zero-order valence-electron chi connectivity index (χ0n) is 14.0. The van der Waals surface area contributed by atoms with E-state index in [4.69, 9.17) is 11.6 Å². The van der Waals surface area contributed by atoms with E-state index in [1.165, 1.54) is 24.3 Å². The number of alkyl halides is 3. The van der Waals surface area contributed by atoms with Gasteiger partial charge in [0.1, 0.15) is 6.04 Å². The van der Waals surface area contributed by atoms with Crippen LogP contribution in [-0.2, 0) is 11.0 Å². The van der Waals surface area contributed by atoms with Crippen LogP contribution in [0.4, 0.5) is 22.4 Å². The first kappa shape index (κ1) is 19.9. The fourth-order valence-corrected chi connectivity index (χ4v) is 2.80. The second-order valence-corrected chi connectivity index (χ2v) is 6.42. The summed E-state index contributed by atoms with van der Waals surface area (Å²) in [7, 11) is 0. The van der Waals surface area contributed by atoms with E-state index in [1.807, 2.05) is 0 Å². The summed E-state index contributed by atoms with van der Waals surface area (Å²) < 4.78 is 52.8. The summed E-state index contributed by atoms with van der Waals surface area (Å²) >= 11 is 5.84. The highest BCUT2D eigenvalue weighted by atomic mass is 35.5. The van der Waals surface area contributed by atoms with Gasteiger partial charge in [-0.15, -0.1) is 0 Å². The normalized spacial score (nSPS) is 17.6. The average molecular weight is 417 g/mol. The molecule has 0 bridgehead atoms. The van der Waals surface area contributed by atoms with Crippen LogP contribution in [0.25, 0.3) is 0 Å². The lowest BCUT2D eigenvalue weighted by Crippen LogP contribution is -2.44. The zero-order chi connectivity index (χ0) is 20.5. The second-order valence-electron chi connectivity index (χ2n) is 5.99. The SMILES string of the molecule is O=C1NCC(C(=O)N[C@H](c2ccc(Cl)cc2)c2cc(C(F)(F)F)c(F)cn2)N1. The van der Waals surface area contributed by atoms with E-state index in [0.717, 1.165) is 0 Å².